The van der Waals surface area contributed by atoms with Gasteiger partial charge in [0.25, 0.3) is 0 Å². The molecule has 0 saturated heterocycles. The Labute approximate surface area is 195 Å². The molecule has 3 aromatic carbocycles. The molecular weight excluding hydrogens is 419 g/mol. The number of halogens is 3. The topological polar surface area (TPSA) is 14.1 Å². The second-order valence-corrected chi connectivity index (χ2v) is 8.19. The Balaban J connectivity index is 1.50. The van der Waals surface area contributed by atoms with E-state index in [0.717, 1.165) is 40.8 Å². The Hall–Kier alpha value is -3.03. The van der Waals surface area contributed by atoms with Gasteiger partial charge in [0.2, 0.25) is 0 Å². The van der Waals surface area contributed by atoms with Crippen LogP contribution in [0.1, 0.15) is 66.0 Å². The normalized spacial score (nSPS) is 11.2. The van der Waals surface area contributed by atoms with Crippen LogP contribution in [0.15, 0.2) is 72.8 Å². The molecule has 1 radical (unpaired) electrons. The molecule has 33 heavy (non-hydrogen) atoms. The lowest BCUT2D eigenvalue weighted by Gasteiger charge is -2.08. The number of hydrogen-bond acceptors (Lipinski definition) is 0. The fourth-order valence-electron chi connectivity index (χ4n) is 3.52. The van der Waals surface area contributed by atoms with Crippen LogP contribution in [0.5, 0.6) is 0 Å². The van der Waals surface area contributed by atoms with Crippen LogP contribution in [0.3, 0.4) is 0 Å². The van der Waals surface area contributed by atoms with Crippen molar-refractivity contribution in [2.75, 3.05) is 0 Å². The molecule has 0 atom stereocenters. The fraction of sp³-hybridized carbons (Fsp3) is 0.310. The molecule has 0 aliphatic rings. The number of alkyl halides is 3. The third kappa shape index (κ3) is 8.44. The Morgan fingerprint density at radius 3 is 2.06 bits per heavy atom. The van der Waals surface area contributed by atoms with Crippen molar-refractivity contribution in [2.45, 2.75) is 58.3 Å². The van der Waals surface area contributed by atoms with Crippen molar-refractivity contribution in [1.29, 1.82) is 0 Å². The molecule has 0 heterocycles. The largest absolute Gasteiger partial charge is 0.416 e. The van der Waals surface area contributed by atoms with E-state index in [9.17, 15) is 13.2 Å². The van der Waals surface area contributed by atoms with Gasteiger partial charge in [-0.05, 0) is 65.9 Å². The second kappa shape index (κ2) is 12.3. The van der Waals surface area contributed by atoms with E-state index in [1.54, 1.807) is 0 Å². The minimum Gasteiger partial charge on any atom is -0.232 e. The van der Waals surface area contributed by atoms with Crippen molar-refractivity contribution in [3.63, 3.8) is 0 Å². The Morgan fingerprint density at radius 1 is 0.697 bits per heavy atom. The fourth-order valence-corrected chi connectivity index (χ4v) is 3.52. The monoisotopic (exact) mass is 448 g/mol. The lowest BCUT2D eigenvalue weighted by atomic mass is 10.0. The SMILES string of the molecule is CCCCCCc1ccc(C#Cc2cccc(C[N]Cc3ccc(C(F)(F)F)cc3)c2)cc1. The van der Waals surface area contributed by atoms with Gasteiger partial charge in [-0.25, -0.2) is 5.32 Å². The Morgan fingerprint density at radius 2 is 1.36 bits per heavy atom. The summed E-state index contributed by atoms with van der Waals surface area (Å²) in [5, 5.41) is 4.48. The molecule has 171 valence electrons. The summed E-state index contributed by atoms with van der Waals surface area (Å²) in [7, 11) is 0. The zero-order chi connectivity index (χ0) is 23.5. The third-order valence-corrected chi connectivity index (χ3v) is 5.42. The van der Waals surface area contributed by atoms with Crippen molar-refractivity contribution in [3.8, 4) is 11.8 Å². The average Bonchev–Trinajstić information content (AvgIpc) is 2.81. The maximum Gasteiger partial charge on any atom is 0.416 e. The summed E-state index contributed by atoms with van der Waals surface area (Å²) in [6.45, 7) is 3.09. The summed E-state index contributed by atoms with van der Waals surface area (Å²) >= 11 is 0. The van der Waals surface area contributed by atoms with Gasteiger partial charge in [0.15, 0.2) is 0 Å². The van der Waals surface area contributed by atoms with E-state index in [1.165, 1.54) is 43.4 Å². The molecule has 0 fully saturated rings. The van der Waals surface area contributed by atoms with Gasteiger partial charge >= 0.3 is 6.18 Å². The number of aryl methyl sites for hydroxylation is 1. The predicted octanol–water partition coefficient (Wildman–Crippen LogP) is 7.53. The van der Waals surface area contributed by atoms with Gasteiger partial charge in [-0.3, -0.25) is 0 Å². The molecule has 1 nitrogen and oxygen atoms in total. The summed E-state index contributed by atoms with van der Waals surface area (Å²) < 4.78 is 38.0. The van der Waals surface area contributed by atoms with Crippen molar-refractivity contribution in [1.82, 2.24) is 5.32 Å². The Kier molecular flexibility index (Phi) is 9.15. The minimum atomic E-state index is -4.31. The average molecular weight is 449 g/mol. The van der Waals surface area contributed by atoms with Crippen LogP contribution in [0.2, 0.25) is 0 Å². The van der Waals surface area contributed by atoms with Gasteiger partial charge in [0.1, 0.15) is 0 Å². The molecule has 0 saturated carbocycles. The van der Waals surface area contributed by atoms with Crippen LogP contribution in [0, 0.1) is 11.8 Å². The van der Waals surface area contributed by atoms with E-state index in [1.807, 2.05) is 24.3 Å². The van der Waals surface area contributed by atoms with Crippen molar-refractivity contribution >= 4 is 0 Å². The molecule has 0 aromatic heterocycles. The zero-order valence-electron chi connectivity index (χ0n) is 19.0. The quantitative estimate of drug-likeness (QED) is 0.237. The van der Waals surface area contributed by atoms with E-state index in [2.05, 4.69) is 48.3 Å². The highest BCUT2D eigenvalue weighted by Gasteiger charge is 2.29. The van der Waals surface area contributed by atoms with Crippen LogP contribution >= 0.6 is 0 Å². The molecule has 0 N–H and O–H groups in total. The highest BCUT2D eigenvalue weighted by Crippen LogP contribution is 2.29. The van der Waals surface area contributed by atoms with E-state index >= 15 is 0 Å². The lowest BCUT2D eigenvalue weighted by molar-refractivity contribution is -0.137. The van der Waals surface area contributed by atoms with E-state index in [4.69, 9.17) is 0 Å². The van der Waals surface area contributed by atoms with E-state index < -0.39 is 11.7 Å². The number of benzene rings is 3. The zero-order valence-corrected chi connectivity index (χ0v) is 19.0. The standard InChI is InChI=1S/C29H29F3N/c1-2-3-4-5-7-23-10-12-24(13-11-23)14-15-25-8-6-9-27(20-25)22-33-21-26-16-18-28(19-17-26)29(30,31)32/h6,8-13,16-20H,2-5,7,21-22H2,1H3. The molecule has 0 unspecified atom stereocenters. The van der Waals surface area contributed by atoms with Crippen molar-refractivity contribution < 1.29 is 13.2 Å². The summed E-state index contributed by atoms with van der Waals surface area (Å²) in [5.74, 6) is 6.43. The van der Waals surface area contributed by atoms with Crippen molar-refractivity contribution in [3.05, 3.63) is 106 Å². The number of rotatable bonds is 9. The summed E-state index contributed by atoms with van der Waals surface area (Å²) in [5.41, 5.74) is 4.40. The summed E-state index contributed by atoms with van der Waals surface area (Å²) in [4.78, 5) is 0. The summed E-state index contributed by atoms with van der Waals surface area (Å²) in [6.07, 6.45) is 1.87. The van der Waals surface area contributed by atoms with Crippen LogP contribution in [-0.2, 0) is 25.7 Å². The first-order valence-electron chi connectivity index (χ1n) is 11.4. The van der Waals surface area contributed by atoms with E-state index in [-0.39, 0.29) is 0 Å². The first kappa shape index (κ1) is 24.6. The smallest absolute Gasteiger partial charge is 0.232 e. The second-order valence-electron chi connectivity index (χ2n) is 8.19. The lowest BCUT2D eigenvalue weighted by Crippen LogP contribution is -2.07. The van der Waals surface area contributed by atoms with Crippen LogP contribution in [-0.4, -0.2) is 0 Å². The minimum absolute atomic E-state index is 0.374. The first-order valence-corrected chi connectivity index (χ1v) is 11.4. The Bertz CT molecular complexity index is 1060. The molecule has 0 amide bonds. The van der Waals surface area contributed by atoms with Crippen LogP contribution < -0.4 is 5.32 Å². The van der Waals surface area contributed by atoms with Gasteiger partial charge in [-0.15, -0.1) is 0 Å². The maximum atomic E-state index is 12.7. The third-order valence-electron chi connectivity index (χ3n) is 5.42. The molecule has 0 aliphatic heterocycles. The van der Waals surface area contributed by atoms with Crippen LogP contribution in [0.25, 0.3) is 0 Å². The van der Waals surface area contributed by atoms with Gasteiger partial charge in [0.05, 0.1) is 5.56 Å². The van der Waals surface area contributed by atoms with Crippen LogP contribution in [0.4, 0.5) is 13.2 Å². The molecule has 3 rings (SSSR count). The summed E-state index contributed by atoms with van der Waals surface area (Å²) in [6, 6.07) is 21.5. The van der Waals surface area contributed by atoms with Gasteiger partial charge in [-0.1, -0.05) is 74.4 Å². The molecule has 4 heteroatoms. The molecule has 3 aromatic rings. The number of nitrogens with zero attached hydrogens (tertiary/aromatic N) is 1. The van der Waals surface area contributed by atoms with Gasteiger partial charge in [0, 0.05) is 24.2 Å². The first-order chi connectivity index (χ1) is 15.9. The van der Waals surface area contributed by atoms with Crippen molar-refractivity contribution in [2.24, 2.45) is 0 Å². The number of hydrogen-bond donors (Lipinski definition) is 0. The predicted molar refractivity (Wildman–Crippen MR) is 128 cm³/mol. The van der Waals surface area contributed by atoms with E-state index in [0.29, 0.717) is 13.1 Å². The molecule has 0 bridgehead atoms. The highest BCUT2D eigenvalue weighted by molar-refractivity contribution is 5.44. The molecule has 0 spiro atoms. The van der Waals surface area contributed by atoms with Gasteiger partial charge in [-0.2, -0.15) is 13.2 Å². The van der Waals surface area contributed by atoms with Gasteiger partial charge < -0.3 is 0 Å². The maximum absolute atomic E-state index is 12.7. The number of unbranched alkanes of at least 4 members (excludes halogenated alkanes) is 3. The molecular formula is C29H29F3N. The highest BCUT2D eigenvalue weighted by atomic mass is 19.4. The molecule has 0 aliphatic carbocycles.